The van der Waals surface area contributed by atoms with E-state index in [4.69, 9.17) is 4.74 Å². The molecule has 1 heterocycles. The molecule has 1 saturated heterocycles. The number of β-amino-alcohol motifs (C(OH)–C–C–N with tert-alkyl or cyclic N) is 1. The molecule has 2 aromatic carbocycles. The Morgan fingerprint density at radius 1 is 1.20 bits per heavy atom. The van der Waals surface area contributed by atoms with Crippen LogP contribution in [0.1, 0.15) is 30.0 Å². The summed E-state index contributed by atoms with van der Waals surface area (Å²) in [6.07, 6.45) is 0.0910. The SMILES string of the molecule is O=C(CCOCc1ccccc1)N1C[C@H](O)C[C@@H]1c1cccc(F)c1. The van der Waals surface area contributed by atoms with Crippen molar-refractivity contribution in [1.29, 1.82) is 0 Å². The molecule has 2 atom stereocenters. The predicted molar refractivity (Wildman–Crippen MR) is 92.2 cm³/mol. The van der Waals surface area contributed by atoms with Crippen molar-refractivity contribution < 1.29 is 19.0 Å². The highest BCUT2D eigenvalue weighted by Gasteiger charge is 2.35. The Labute approximate surface area is 146 Å². The second-order valence-electron chi connectivity index (χ2n) is 6.29. The number of carbonyl (C=O) groups excluding carboxylic acids is 1. The Kier molecular flexibility index (Phi) is 5.79. The van der Waals surface area contributed by atoms with Gasteiger partial charge in [0.25, 0.3) is 0 Å². The molecule has 2 aromatic rings. The fourth-order valence-corrected chi connectivity index (χ4v) is 3.19. The highest BCUT2D eigenvalue weighted by Crippen LogP contribution is 2.32. The van der Waals surface area contributed by atoms with Gasteiger partial charge < -0.3 is 14.7 Å². The van der Waals surface area contributed by atoms with E-state index in [1.54, 1.807) is 17.0 Å². The molecule has 25 heavy (non-hydrogen) atoms. The van der Waals surface area contributed by atoms with E-state index < -0.39 is 6.10 Å². The monoisotopic (exact) mass is 343 g/mol. The van der Waals surface area contributed by atoms with Gasteiger partial charge in [-0.3, -0.25) is 4.79 Å². The number of aliphatic hydroxyl groups is 1. The number of amides is 1. The average molecular weight is 343 g/mol. The van der Waals surface area contributed by atoms with E-state index in [-0.39, 0.29) is 30.7 Å². The normalized spacial score (nSPS) is 20.0. The summed E-state index contributed by atoms with van der Waals surface area (Å²) in [6, 6.07) is 15.7. The number of halogens is 1. The molecule has 0 unspecified atom stereocenters. The van der Waals surface area contributed by atoms with E-state index >= 15 is 0 Å². The molecule has 0 saturated carbocycles. The van der Waals surface area contributed by atoms with Crippen LogP contribution >= 0.6 is 0 Å². The third-order valence-electron chi connectivity index (χ3n) is 4.40. The van der Waals surface area contributed by atoms with E-state index in [0.29, 0.717) is 19.6 Å². The second kappa shape index (κ2) is 8.23. The van der Waals surface area contributed by atoms with E-state index in [1.807, 2.05) is 30.3 Å². The van der Waals surface area contributed by atoms with Crippen molar-refractivity contribution >= 4 is 5.91 Å². The van der Waals surface area contributed by atoms with Gasteiger partial charge in [0, 0.05) is 6.54 Å². The number of ether oxygens (including phenoxy) is 1. The van der Waals surface area contributed by atoms with Gasteiger partial charge in [0.1, 0.15) is 5.82 Å². The maximum atomic E-state index is 13.5. The molecule has 5 heteroatoms. The van der Waals surface area contributed by atoms with Crippen LogP contribution < -0.4 is 0 Å². The summed E-state index contributed by atoms with van der Waals surface area (Å²) in [6.45, 7) is 1.05. The summed E-state index contributed by atoms with van der Waals surface area (Å²) >= 11 is 0. The van der Waals surface area contributed by atoms with Gasteiger partial charge in [-0.2, -0.15) is 0 Å². The number of carbonyl (C=O) groups is 1. The van der Waals surface area contributed by atoms with Crippen molar-refractivity contribution in [3.05, 3.63) is 71.5 Å². The number of rotatable bonds is 6. The molecule has 1 aliphatic heterocycles. The maximum Gasteiger partial charge on any atom is 0.225 e. The van der Waals surface area contributed by atoms with Crippen LogP contribution in [-0.2, 0) is 16.1 Å². The van der Waals surface area contributed by atoms with Crippen molar-refractivity contribution in [1.82, 2.24) is 4.90 Å². The van der Waals surface area contributed by atoms with Gasteiger partial charge in [-0.1, -0.05) is 42.5 Å². The number of hydrogen-bond acceptors (Lipinski definition) is 3. The Hall–Kier alpha value is -2.24. The number of likely N-dealkylation sites (tertiary alicyclic amines) is 1. The number of nitrogens with zero attached hydrogens (tertiary/aromatic N) is 1. The lowest BCUT2D eigenvalue weighted by Crippen LogP contribution is -2.32. The summed E-state index contributed by atoms with van der Waals surface area (Å²) in [5, 5.41) is 9.95. The van der Waals surface area contributed by atoms with Gasteiger partial charge in [0.05, 0.1) is 31.8 Å². The zero-order chi connectivity index (χ0) is 17.6. The molecule has 0 aliphatic carbocycles. The van der Waals surface area contributed by atoms with Crippen molar-refractivity contribution in [2.24, 2.45) is 0 Å². The molecule has 1 N–H and O–H groups in total. The molecule has 132 valence electrons. The minimum absolute atomic E-state index is 0.0844. The fourth-order valence-electron chi connectivity index (χ4n) is 3.19. The Morgan fingerprint density at radius 3 is 2.76 bits per heavy atom. The molecule has 3 rings (SSSR count). The Balaban J connectivity index is 1.54. The van der Waals surface area contributed by atoms with Gasteiger partial charge in [0.15, 0.2) is 0 Å². The largest absolute Gasteiger partial charge is 0.391 e. The standard InChI is InChI=1S/C20H22FNO3/c21-17-8-4-7-16(11-17)19-12-18(23)13-22(19)20(24)9-10-25-14-15-5-2-1-3-6-15/h1-8,11,18-19,23H,9-10,12-14H2/t18-,19-/m1/s1. The number of aliphatic hydroxyl groups excluding tert-OH is 1. The highest BCUT2D eigenvalue weighted by molar-refractivity contribution is 5.77. The van der Waals surface area contributed by atoms with Gasteiger partial charge >= 0.3 is 0 Å². The van der Waals surface area contributed by atoms with Crippen LogP contribution in [-0.4, -0.2) is 35.2 Å². The van der Waals surface area contributed by atoms with Gasteiger partial charge in [-0.05, 0) is 29.7 Å². The summed E-state index contributed by atoms with van der Waals surface area (Å²) in [5.41, 5.74) is 1.78. The zero-order valence-corrected chi connectivity index (χ0v) is 14.0. The van der Waals surface area contributed by atoms with Crippen LogP contribution in [0.25, 0.3) is 0 Å². The zero-order valence-electron chi connectivity index (χ0n) is 14.0. The van der Waals surface area contributed by atoms with E-state index in [0.717, 1.165) is 11.1 Å². The summed E-state index contributed by atoms with van der Waals surface area (Å²) in [5.74, 6) is -0.420. The molecule has 0 radical (unpaired) electrons. The molecule has 1 amide bonds. The first kappa shape index (κ1) is 17.6. The van der Waals surface area contributed by atoms with Gasteiger partial charge in [0.2, 0.25) is 5.91 Å². The van der Waals surface area contributed by atoms with Crippen LogP contribution in [0, 0.1) is 5.82 Å². The summed E-state index contributed by atoms with van der Waals surface area (Å²) < 4.78 is 19.0. The number of benzene rings is 2. The third kappa shape index (κ3) is 4.65. The van der Waals surface area contributed by atoms with Crippen LogP contribution in [0.5, 0.6) is 0 Å². The molecule has 0 spiro atoms. The lowest BCUT2D eigenvalue weighted by Gasteiger charge is -2.25. The van der Waals surface area contributed by atoms with Crippen molar-refractivity contribution in [3.8, 4) is 0 Å². The lowest BCUT2D eigenvalue weighted by atomic mass is 10.0. The molecule has 4 nitrogen and oxygen atoms in total. The molecule has 0 aromatic heterocycles. The predicted octanol–water partition coefficient (Wildman–Crippen LogP) is 3.07. The van der Waals surface area contributed by atoms with Gasteiger partial charge in [-0.25, -0.2) is 4.39 Å². The summed E-state index contributed by atoms with van der Waals surface area (Å²) in [4.78, 5) is 14.1. The van der Waals surface area contributed by atoms with E-state index in [9.17, 15) is 14.3 Å². The highest BCUT2D eigenvalue weighted by atomic mass is 19.1. The van der Waals surface area contributed by atoms with Crippen LogP contribution in [0.4, 0.5) is 4.39 Å². The molecule has 1 aliphatic rings. The van der Waals surface area contributed by atoms with Crippen LogP contribution in [0.15, 0.2) is 54.6 Å². The third-order valence-corrected chi connectivity index (χ3v) is 4.40. The quantitative estimate of drug-likeness (QED) is 0.820. The van der Waals surface area contributed by atoms with Crippen molar-refractivity contribution in [2.45, 2.75) is 31.6 Å². The first-order chi connectivity index (χ1) is 12.1. The topological polar surface area (TPSA) is 49.8 Å². The summed E-state index contributed by atoms with van der Waals surface area (Å²) in [7, 11) is 0. The Morgan fingerprint density at radius 2 is 2.00 bits per heavy atom. The average Bonchev–Trinajstić information content (AvgIpc) is 3.01. The lowest BCUT2D eigenvalue weighted by molar-refractivity contribution is -0.133. The van der Waals surface area contributed by atoms with E-state index in [1.165, 1.54) is 12.1 Å². The van der Waals surface area contributed by atoms with Crippen molar-refractivity contribution in [2.75, 3.05) is 13.2 Å². The molecular weight excluding hydrogens is 321 g/mol. The smallest absolute Gasteiger partial charge is 0.225 e. The Bertz CT molecular complexity index is 707. The van der Waals surface area contributed by atoms with Crippen molar-refractivity contribution in [3.63, 3.8) is 0 Å². The maximum absolute atomic E-state index is 13.5. The van der Waals surface area contributed by atoms with E-state index in [2.05, 4.69) is 0 Å². The first-order valence-corrected chi connectivity index (χ1v) is 8.48. The van der Waals surface area contributed by atoms with Crippen LogP contribution in [0.3, 0.4) is 0 Å². The fraction of sp³-hybridized carbons (Fsp3) is 0.350. The first-order valence-electron chi connectivity index (χ1n) is 8.48. The molecule has 1 fully saturated rings. The molecular formula is C20H22FNO3. The van der Waals surface area contributed by atoms with Gasteiger partial charge in [-0.15, -0.1) is 0 Å². The molecule has 0 bridgehead atoms. The van der Waals surface area contributed by atoms with Crippen LogP contribution in [0.2, 0.25) is 0 Å². The number of hydrogen-bond donors (Lipinski definition) is 1. The minimum Gasteiger partial charge on any atom is -0.391 e. The second-order valence-corrected chi connectivity index (χ2v) is 6.29. The minimum atomic E-state index is -0.581.